The van der Waals surface area contributed by atoms with Crippen molar-refractivity contribution in [1.29, 1.82) is 0 Å². The number of benzene rings is 2. The van der Waals surface area contributed by atoms with Gasteiger partial charge in [-0.3, -0.25) is 14.5 Å². The molecular weight excluding hydrogens is 390 g/mol. The Kier molecular flexibility index (Phi) is 6.48. The van der Waals surface area contributed by atoms with Crippen LogP contribution in [0.5, 0.6) is 0 Å². The molecule has 6 nitrogen and oxygen atoms in total. The molecule has 3 aromatic rings. The average Bonchev–Trinajstić information content (AvgIpc) is 3.34. The van der Waals surface area contributed by atoms with Crippen molar-refractivity contribution in [1.82, 2.24) is 15.5 Å². The molecule has 1 aromatic heterocycles. The third-order valence-electron chi connectivity index (χ3n) is 5.78. The van der Waals surface area contributed by atoms with Crippen molar-refractivity contribution in [2.75, 3.05) is 13.1 Å². The maximum absolute atomic E-state index is 12.5. The number of nitrogens with zero attached hydrogens (tertiary/aromatic N) is 1. The van der Waals surface area contributed by atoms with Crippen molar-refractivity contribution in [2.24, 2.45) is 0 Å². The second kappa shape index (κ2) is 9.62. The fraction of sp³-hybridized carbons (Fsp3) is 0.280. The molecule has 2 amide bonds. The van der Waals surface area contributed by atoms with E-state index in [0.717, 1.165) is 30.8 Å². The zero-order valence-corrected chi connectivity index (χ0v) is 17.6. The molecule has 1 aliphatic heterocycles. The van der Waals surface area contributed by atoms with E-state index in [-0.39, 0.29) is 12.1 Å². The first-order valence-corrected chi connectivity index (χ1v) is 10.6. The predicted molar refractivity (Wildman–Crippen MR) is 118 cm³/mol. The van der Waals surface area contributed by atoms with Crippen LogP contribution in [-0.2, 0) is 22.6 Å². The van der Waals surface area contributed by atoms with Gasteiger partial charge in [-0.1, -0.05) is 54.6 Å². The summed E-state index contributed by atoms with van der Waals surface area (Å²) in [6.45, 7) is 3.78. The first-order valence-electron chi connectivity index (χ1n) is 10.6. The number of amides is 2. The molecule has 1 aliphatic rings. The molecule has 6 heteroatoms. The van der Waals surface area contributed by atoms with Gasteiger partial charge in [0.05, 0.1) is 18.3 Å². The summed E-state index contributed by atoms with van der Waals surface area (Å²) in [7, 11) is 0. The van der Waals surface area contributed by atoms with Gasteiger partial charge in [-0.15, -0.1) is 0 Å². The van der Waals surface area contributed by atoms with E-state index in [1.807, 2.05) is 55.5 Å². The maximum Gasteiger partial charge on any atom is 0.309 e. The molecule has 2 atom stereocenters. The zero-order valence-electron chi connectivity index (χ0n) is 17.6. The first-order chi connectivity index (χ1) is 15.1. The summed E-state index contributed by atoms with van der Waals surface area (Å²) >= 11 is 0. The highest BCUT2D eigenvalue weighted by molar-refractivity contribution is 6.35. The molecule has 0 saturated carbocycles. The van der Waals surface area contributed by atoms with Gasteiger partial charge in [0.25, 0.3) is 0 Å². The third-order valence-corrected chi connectivity index (χ3v) is 5.78. The number of carbonyl (C=O) groups excluding carboxylic acids is 2. The van der Waals surface area contributed by atoms with Crippen molar-refractivity contribution in [3.63, 3.8) is 0 Å². The fourth-order valence-corrected chi connectivity index (χ4v) is 4.03. The van der Waals surface area contributed by atoms with E-state index < -0.39 is 11.8 Å². The summed E-state index contributed by atoms with van der Waals surface area (Å²) < 4.78 is 5.66. The molecule has 0 fully saturated rings. The van der Waals surface area contributed by atoms with Crippen LogP contribution in [0, 0.1) is 0 Å². The number of fused-ring (bicyclic) bond motifs is 1. The van der Waals surface area contributed by atoms with Crippen LogP contribution in [-0.4, -0.2) is 29.8 Å². The van der Waals surface area contributed by atoms with Crippen LogP contribution in [0.3, 0.4) is 0 Å². The Labute approximate surface area is 182 Å². The van der Waals surface area contributed by atoms with Crippen molar-refractivity contribution >= 4 is 11.8 Å². The van der Waals surface area contributed by atoms with Gasteiger partial charge >= 0.3 is 11.8 Å². The van der Waals surface area contributed by atoms with E-state index in [2.05, 4.69) is 33.7 Å². The van der Waals surface area contributed by atoms with Crippen LogP contribution in [0.1, 0.15) is 41.5 Å². The van der Waals surface area contributed by atoms with Crippen LogP contribution in [0.15, 0.2) is 77.4 Å². The van der Waals surface area contributed by atoms with Gasteiger partial charge in [0, 0.05) is 19.6 Å². The van der Waals surface area contributed by atoms with Crippen molar-refractivity contribution < 1.29 is 14.0 Å². The molecule has 0 bridgehead atoms. The van der Waals surface area contributed by atoms with Gasteiger partial charge in [-0.2, -0.15) is 0 Å². The molecule has 31 heavy (non-hydrogen) atoms. The number of furan rings is 1. The minimum absolute atomic E-state index is 0.147. The minimum atomic E-state index is -0.642. The standard InChI is InChI=1S/C25H27N3O3/c1-18(19-8-3-2-4-9-19)27-25(30)24(29)26-16-22(23-12-7-15-31-23)28-14-13-20-10-5-6-11-21(20)17-28/h2-12,15,18,22H,13-14,16-17H2,1H3,(H,26,29)(H,27,30). The summed E-state index contributed by atoms with van der Waals surface area (Å²) in [4.78, 5) is 27.2. The summed E-state index contributed by atoms with van der Waals surface area (Å²) in [5.41, 5.74) is 3.59. The SMILES string of the molecule is CC(NC(=O)C(=O)NCC(c1ccco1)N1CCc2ccccc2C1)c1ccccc1. The lowest BCUT2D eigenvalue weighted by atomic mass is 9.98. The van der Waals surface area contributed by atoms with Gasteiger partial charge in [-0.25, -0.2) is 0 Å². The van der Waals surface area contributed by atoms with Crippen LogP contribution >= 0.6 is 0 Å². The van der Waals surface area contributed by atoms with E-state index in [4.69, 9.17) is 4.42 Å². The van der Waals surface area contributed by atoms with Gasteiger partial charge in [0.15, 0.2) is 0 Å². The molecular formula is C25H27N3O3. The maximum atomic E-state index is 12.5. The van der Waals surface area contributed by atoms with E-state index in [1.165, 1.54) is 11.1 Å². The lowest BCUT2D eigenvalue weighted by molar-refractivity contribution is -0.139. The monoisotopic (exact) mass is 417 g/mol. The van der Waals surface area contributed by atoms with Crippen LogP contribution < -0.4 is 10.6 Å². The number of rotatable bonds is 6. The van der Waals surface area contributed by atoms with Crippen molar-refractivity contribution in [3.8, 4) is 0 Å². The number of carbonyl (C=O) groups is 2. The van der Waals surface area contributed by atoms with Crippen LogP contribution in [0.4, 0.5) is 0 Å². The molecule has 0 radical (unpaired) electrons. The molecule has 0 saturated heterocycles. The van der Waals surface area contributed by atoms with E-state index >= 15 is 0 Å². The molecule has 2 N–H and O–H groups in total. The second-order valence-corrected chi connectivity index (χ2v) is 7.84. The average molecular weight is 418 g/mol. The molecule has 160 valence electrons. The second-order valence-electron chi connectivity index (χ2n) is 7.84. The fourth-order valence-electron chi connectivity index (χ4n) is 4.03. The highest BCUT2D eigenvalue weighted by atomic mass is 16.3. The molecule has 2 unspecified atom stereocenters. The Morgan fingerprint density at radius 3 is 2.45 bits per heavy atom. The molecule has 0 aliphatic carbocycles. The van der Waals surface area contributed by atoms with Gasteiger partial charge in [-0.05, 0) is 42.2 Å². The highest BCUT2D eigenvalue weighted by Crippen LogP contribution is 2.27. The Morgan fingerprint density at radius 2 is 1.71 bits per heavy atom. The summed E-state index contributed by atoms with van der Waals surface area (Å²) in [5, 5.41) is 5.56. The highest BCUT2D eigenvalue weighted by Gasteiger charge is 2.28. The van der Waals surface area contributed by atoms with E-state index in [9.17, 15) is 9.59 Å². The molecule has 4 rings (SSSR count). The quantitative estimate of drug-likeness (QED) is 0.603. The van der Waals surface area contributed by atoms with Gasteiger partial charge in [0.2, 0.25) is 0 Å². The molecule has 2 aromatic carbocycles. The lowest BCUT2D eigenvalue weighted by Crippen LogP contribution is -2.45. The van der Waals surface area contributed by atoms with Gasteiger partial charge < -0.3 is 15.1 Å². The lowest BCUT2D eigenvalue weighted by Gasteiger charge is -2.34. The summed E-state index contributed by atoms with van der Waals surface area (Å²) in [6.07, 6.45) is 2.58. The number of hydrogen-bond donors (Lipinski definition) is 2. The molecule has 0 spiro atoms. The Bertz CT molecular complexity index is 1020. The van der Waals surface area contributed by atoms with Crippen LogP contribution in [0.2, 0.25) is 0 Å². The van der Waals surface area contributed by atoms with E-state index in [0.29, 0.717) is 6.54 Å². The topological polar surface area (TPSA) is 74.6 Å². The minimum Gasteiger partial charge on any atom is -0.468 e. The van der Waals surface area contributed by atoms with Crippen molar-refractivity contribution in [2.45, 2.75) is 32.0 Å². The Hall–Kier alpha value is -3.38. The number of nitrogens with one attached hydrogen (secondary N) is 2. The zero-order chi connectivity index (χ0) is 21.6. The molecule has 2 heterocycles. The van der Waals surface area contributed by atoms with E-state index in [1.54, 1.807) is 6.26 Å². The van der Waals surface area contributed by atoms with Gasteiger partial charge in [0.1, 0.15) is 5.76 Å². The summed E-state index contributed by atoms with van der Waals surface area (Å²) in [5.74, 6) is -0.506. The van der Waals surface area contributed by atoms with Crippen LogP contribution in [0.25, 0.3) is 0 Å². The van der Waals surface area contributed by atoms with Crippen molar-refractivity contribution in [3.05, 3.63) is 95.4 Å². The Balaban J connectivity index is 1.39. The largest absolute Gasteiger partial charge is 0.468 e. The smallest absolute Gasteiger partial charge is 0.309 e. The Morgan fingerprint density at radius 1 is 0.968 bits per heavy atom. The summed E-state index contributed by atoms with van der Waals surface area (Å²) in [6, 6.07) is 21.3. The first kappa shape index (κ1) is 20.9. The normalized spacial score (nSPS) is 15.5. The predicted octanol–water partition coefficient (Wildman–Crippen LogP) is 3.37. The number of hydrogen-bond acceptors (Lipinski definition) is 4. The third kappa shape index (κ3) is 5.03.